The molecule has 2 N–H and O–H groups in total. The standard InChI is InChI=1S/C22H29N3O3/c1-15(21(26)23-14-18-6-4-12-28-18)16-8-10-25(11-9-16)22(27)20-13-17-5-2-3-7-19(17)24-20/h2-3,5,7,13,15-16,18,24H,4,6,8-12,14H2,1H3,(H,23,26)/t15-,18-/m0/s1. The van der Waals surface area contributed by atoms with Gasteiger partial charge in [0.1, 0.15) is 5.69 Å². The summed E-state index contributed by atoms with van der Waals surface area (Å²) >= 11 is 0. The molecule has 4 rings (SSSR count). The number of carbonyl (C=O) groups is 2. The molecule has 28 heavy (non-hydrogen) atoms. The summed E-state index contributed by atoms with van der Waals surface area (Å²) in [6, 6.07) is 9.84. The third-order valence-electron chi connectivity index (χ3n) is 6.24. The van der Waals surface area contributed by atoms with E-state index in [9.17, 15) is 9.59 Å². The fourth-order valence-electron chi connectivity index (χ4n) is 4.36. The minimum Gasteiger partial charge on any atom is -0.376 e. The Morgan fingerprint density at radius 3 is 2.75 bits per heavy atom. The van der Waals surface area contributed by atoms with E-state index in [1.165, 1.54) is 0 Å². The van der Waals surface area contributed by atoms with Crippen molar-refractivity contribution in [3.8, 4) is 0 Å². The molecule has 150 valence electrons. The summed E-state index contributed by atoms with van der Waals surface area (Å²) < 4.78 is 5.57. The molecule has 1 aromatic carbocycles. The highest BCUT2D eigenvalue weighted by Gasteiger charge is 2.31. The van der Waals surface area contributed by atoms with Gasteiger partial charge in [-0.25, -0.2) is 0 Å². The third kappa shape index (κ3) is 4.07. The van der Waals surface area contributed by atoms with Crippen LogP contribution < -0.4 is 5.32 Å². The summed E-state index contributed by atoms with van der Waals surface area (Å²) in [4.78, 5) is 30.4. The molecule has 3 heterocycles. The second-order valence-corrected chi connectivity index (χ2v) is 8.07. The lowest BCUT2D eigenvalue weighted by atomic mass is 9.84. The molecular formula is C22H29N3O3. The van der Waals surface area contributed by atoms with Gasteiger partial charge in [0, 0.05) is 43.1 Å². The lowest BCUT2D eigenvalue weighted by Gasteiger charge is -2.34. The van der Waals surface area contributed by atoms with Gasteiger partial charge in [0.15, 0.2) is 0 Å². The molecule has 0 spiro atoms. The number of H-pyrrole nitrogens is 1. The van der Waals surface area contributed by atoms with Gasteiger partial charge in [0.2, 0.25) is 5.91 Å². The fourth-order valence-corrected chi connectivity index (χ4v) is 4.36. The highest BCUT2D eigenvalue weighted by Crippen LogP contribution is 2.26. The van der Waals surface area contributed by atoms with Crippen LogP contribution in [0.5, 0.6) is 0 Å². The van der Waals surface area contributed by atoms with Crippen LogP contribution >= 0.6 is 0 Å². The van der Waals surface area contributed by atoms with Crippen LogP contribution in [-0.4, -0.2) is 54.0 Å². The van der Waals surface area contributed by atoms with E-state index in [0.717, 1.165) is 43.2 Å². The van der Waals surface area contributed by atoms with Crippen molar-refractivity contribution >= 4 is 22.7 Å². The minimum absolute atomic E-state index is 0.0354. The Morgan fingerprint density at radius 1 is 1.25 bits per heavy atom. The summed E-state index contributed by atoms with van der Waals surface area (Å²) in [5, 5.41) is 4.10. The number of fused-ring (bicyclic) bond motifs is 1. The predicted octanol–water partition coefficient (Wildman–Crippen LogP) is 2.95. The zero-order chi connectivity index (χ0) is 19.5. The van der Waals surface area contributed by atoms with Crippen LogP contribution in [-0.2, 0) is 9.53 Å². The lowest BCUT2D eigenvalue weighted by molar-refractivity contribution is -0.127. The number of hydrogen-bond acceptors (Lipinski definition) is 3. The smallest absolute Gasteiger partial charge is 0.270 e. The third-order valence-corrected chi connectivity index (χ3v) is 6.24. The Kier molecular flexibility index (Phi) is 5.67. The van der Waals surface area contributed by atoms with Crippen LogP contribution in [0.25, 0.3) is 10.9 Å². The zero-order valence-electron chi connectivity index (χ0n) is 16.4. The molecule has 2 aromatic rings. The summed E-state index contributed by atoms with van der Waals surface area (Å²) in [6.45, 7) is 4.81. The molecule has 6 heteroatoms. The van der Waals surface area contributed by atoms with Gasteiger partial charge >= 0.3 is 0 Å². The highest BCUT2D eigenvalue weighted by atomic mass is 16.5. The quantitative estimate of drug-likeness (QED) is 0.834. The number of rotatable bonds is 5. The number of ether oxygens (including phenoxy) is 1. The van der Waals surface area contributed by atoms with Gasteiger partial charge in [-0.3, -0.25) is 9.59 Å². The number of likely N-dealkylation sites (tertiary alicyclic amines) is 1. The molecule has 6 nitrogen and oxygen atoms in total. The number of hydrogen-bond donors (Lipinski definition) is 2. The molecule has 2 aliphatic rings. The average molecular weight is 383 g/mol. The maximum atomic E-state index is 12.8. The Morgan fingerprint density at radius 2 is 2.04 bits per heavy atom. The van der Waals surface area contributed by atoms with Crippen molar-refractivity contribution in [2.45, 2.75) is 38.7 Å². The molecule has 2 atom stereocenters. The molecule has 0 radical (unpaired) electrons. The van der Waals surface area contributed by atoms with Crippen molar-refractivity contribution in [3.63, 3.8) is 0 Å². The molecular weight excluding hydrogens is 354 g/mol. The average Bonchev–Trinajstić information content (AvgIpc) is 3.40. The summed E-state index contributed by atoms with van der Waals surface area (Å²) in [5.41, 5.74) is 1.62. The van der Waals surface area contributed by atoms with Crippen molar-refractivity contribution in [2.75, 3.05) is 26.2 Å². The van der Waals surface area contributed by atoms with Crippen LogP contribution in [0.3, 0.4) is 0 Å². The maximum absolute atomic E-state index is 12.8. The van der Waals surface area contributed by atoms with Crippen molar-refractivity contribution in [3.05, 3.63) is 36.0 Å². The number of nitrogens with zero attached hydrogens (tertiary/aromatic N) is 1. The Bertz CT molecular complexity index is 799. The first-order valence-corrected chi connectivity index (χ1v) is 10.4. The van der Waals surface area contributed by atoms with E-state index in [-0.39, 0.29) is 23.8 Å². The Labute approximate surface area is 165 Å². The first-order valence-electron chi connectivity index (χ1n) is 10.4. The van der Waals surface area contributed by atoms with Gasteiger partial charge in [0.25, 0.3) is 5.91 Å². The first-order chi connectivity index (χ1) is 13.6. The fraction of sp³-hybridized carbons (Fsp3) is 0.545. The van der Waals surface area contributed by atoms with Crippen LogP contribution in [0.2, 0.25) is 0 Å². The van der Waals surface area contributed by atoms with Crippen LogP contribution in [0.15, 0.2) is 30.3 Å². The minimum atomic E-state index is -0.0354. The van der Waals surface area contributed by atoms with Crippen LogP contribution in [0, 0.1) is 11.8 Å². The van der Waals surface area contributed by atoms with E-state index in [2.05, 4.69) is 10.3 Å². The number of nitrogens with one attached hydrogen (secondary N) is 2. The number of aromatic amines is 1. The Balaban J connectivity index is 1.28. The van der Waals surface area contributed by atoms with Gasteiger partial charge in [-0.1, -0.05) is 25.1 Å². The molecule has 2 amide bonds. The van der Waals surface area contributed by atoms with Gasteiger partial charge in [0.05, 0.1) is 6.10 Å². The first kappa shape index (κ1) is 19.0. The van der Waals surface area contributed by atoms with Gasteiger partial charge in [-0.2, -0.15) is 0 Å². The molecule has 0 bridgehead atoms. The Hall–Kier alpha value is -2.34. The van der Waals surface area contributed by atoms with E-state index in [0.29, 0.717) is 31.2 Å². The number of carbonyl (C=O) groups excluding carboxylic acids is 2. The number of aromatic nitrogens is 1. The number of amides is 2. The second kappa shape index (κ2) is 8.35. The molecule has 0 aliphatic carbocycles. The van der Waals surface area contributed by atoms with Crippen LogP contribution in [0.4, 0.5) is 0 Å². The largest absolute Gasteiger partial charge is 0.376 e. The van der Waals surface area contributed by atoms with Gasteiger partial charge in [-0.05, 0) is 43.7 Å². The topological polar surface area (TPSA) is 74.4 Å². The lowest BCUT2D eigenvalue weighted by Crippen LogP contribution is -2.43. The molecule has 2 fully saturated rings. The zero-order valence-corrected chi connectivity index (χ0v) is 16.4. The molecule has 0 unspecified atom stereocenters. The van der Waals surface area contributed by atoms with Crippen LogP contribution in [0.1, 0.15) is 43.1 Å². The monoisotopic (exact) mass is 383 g/mol. The number of benzene rings is 1. The number of para-hydroxylation sites is 1. The van der Waals surface area contributed by atoms with E-state index in [1.54, 1.807) is 0 Å². The number of piperidine rings is 1. The molecule has 2 saturated heterocycles. The highest BCUT2D eigenvalue weighted by molar-refractivity contribution is 5.98. The maximum Gasteiger partial charge on any atom is 0.270 e. The molecule has 2 aliphatic heterocycles. The van der Waals surface area contributed by atoms with E-state index < -0.39 is 0 Å². The molecule has 0 saturated carbocycles. The van der Waals surface area contributed by atoms with E-state index in [1.807, 2.05) is 42.2 Å². The summed E-state index contributed by atoms with van der Waals surface area (Å²) in [5.74, 6) is 0.434. The van der Waals surface area contributed by atoms with E-state index in [4.69, 9.17) is 4.74 Å². The second-order valence-electron chi connectivity index (χ2n) is 8.07. The summed E-state index contributed by atoms with van der Waals surface area (Å²) in [7, 11) is 0. The SMILES string of the molecule is C[C@H](C(=O)NC[C@@H]1CCCO1)C1CCN(C(=O)c2cc3ccccc3[nH]2)CC1. The van der Waals surface area contributed by atoms with Crippen molar-refractivity contribution < 1.29 is 14.3 Å². The molecule has 1 aromatic heterocycles. The van der Waals surface area contributed by atoms with Crippen molar-refractivity contribution in [2.24, 2.45) is 11.8 Å². The summed E-state index contributed by atoms with van der Waals surface area (Å²) in [6.07, 6.45) is 4.01. The van der Waals surface area contributed by atoms with Crippen molar-refractivity contribution in [1.29, 1.82) is 0 Å². The predicted molar refractivity (Wildman–Crippen MR) is 108 cm³/mol. The van der Waals surface area contributed by atoms with Gasteiger partial charge < -0.3 is 19.9 Å². The normalized spacial score (nSPS) is 21.8. The van der Waals surface area contributed by atoms with E-state index >= 15 is 0 Å². The van der Waals surface area contributed by atoms with Gasteiger partial charge in [-0.15, -0.1) is 0 Å². The van der Waals surface area contributed by atoms with Crippen molar-refractivity contribution in [1.82, 2.24) is 15.2 Å².